The molecule has 2 aliphatic heterocycles. The molecule has 1 aromatic heterocycles. The summed E-state index contributed by atoms with van der Waals surface area (Å²) in [7, 11) is 4.88. The molecule has 2 saturated heterocycles. The van der Waals surface area contributed by atoms with Crippen molar-refractivity contribution >= 4 is 46.1 Å². The Morgan fingerprint density at radius 3 is 2.50 bits per heavy atom. The smallest absolute Gasteiger partial charge is 0.270 e. The molecular weight excluding hydrogens is 520 g/mol. The monoisotopic (exact) mass is 552 g/mol. The largest absolute Gasteiger partial charge is 0.493 e. The minimum absolute atomic E-state index is 0.0943. The first-order chi connectivity index (χ1) is 18.2. The zero-order chi connectivity index (χ0) is 27.6. The van der Waals surface area contributed by atoms with E-state index in [1.54, 1.807) is 43.7 Å². The summed E-state index contributed by atoms with van der Waals surface area (Å²) in [6.07, 6.45) is 4.43. The third kappa shape index (κ3) is 5.31. The van der Waals surface area contributed by atoms with Crippen LogP contribution in [0.25, 0.3) is 6.08 Å². The molecule has 0 atom stereocenters. The predicted molar refractivity (Wildman–Crippen MR) is 155 cm³/mol. The molecule has 2 fully saturated rings. The molecule has 0 saturated carbocycles. The molecule has 2 aromatic rings. The summed E-state index contributed by atoms with van der Waals surface area (Å²) in [5.41, 5.74) is 2.07. The maximum Gasteiger partial charge on any atom is 0.270 e. The third-order valence-electron chi connectivity index (χ3n) is 7.27. The van der Waals surface area contributed by atoms with Crippen molar-refractivity contribution in [2.24, 2.45) is 13.0 Å². The lowest BCUT2D eigenvalue weighted by molar-refractivity contribution is -0.122. The van der Waals surface area contributed by atoms with Crippen molar-refractivity contribution in [3.63, 3.8) is 0 Å². The van der Waals surface area contributed by atoms with Crippen molar-refractivity contribution in [3.05, 3.63) is 55.7 Å². The number of amides is 1. The second kappa shape index (κ2) is 11.6. The van der Waals surface area contributed by atoms with Gasteiger partial charge >= 0.3 is 0 Å². The number of carbonyl (C=O) groups excluding carboxylic acids is 1. The van der Waals surface area contributed by atoms with Crippen molar-refractivity contribution in [2.45, 2.75) is 33.1 Å². The van der Waals surface area contributed by atoms with E-state index in [9.17, 15) is 14.9 Å². The van der Waals surface area contributed by atoms with Crippen molar-refractivity contribution in [2.75, 3.05) is 38.8 Å². The van der Waals surface area contributed by atoms with E-state index in [4.69, 9.17) is 21.7 Å². The number of rotatable bonds is 7. The van der Waals surface area contributed by atoms with Crippen LogP contribution < -0.4 is 19.9 Å². The Kier molecular flexibility index (Phi) is 8.48. The molecule has 1 amide bonds. The topological polar surface area (TPSA) is 87.8 Å². The van der Waals surface area contributed by atoms with E-state index in [-0.39, 0.29) is 17.0 Å². The Morgan fingerprint density at radius 1 is 1.18 bits per heavy atom. The van der Waals surface area contributed by atoms with Gasteiger partial charge in [0.05, 0.1) is 19.1 Å². The Balaban J connectivity index is 1.65. The number of methoxy groups -OCH3 is 2. The van der Waals surface area contributed by atoms with Gasteiger partial charge in [-0.25, -0.2) is 0 Å². The molecule has 0 unspecified atom stereocenters. The fourth-order valence-electron chi connectivity index (χ4n) is 4.92. The lowest BCUT2D eigenvalue weighted by Crippen LogP contribution is -2.38. The van der Waals surface area contributed by atoms with Crippen LogP contribution in [0.1, 0.15) is 42.0 Å². The van der Waals surface area contributed by atoms with E-state index in [2.05, 4.69) is 17.9 Å². The number of nitriles is 1. The molecule has 10 heteroatoms. The quantitative estimate of drug-likeness (QED) is 0.372. The Morgan fingerprint density at radius 2 is 1.87 bits per heavy atom. The van der Waals surface area contributed by atoms with E-state index in [0.29, 0.717) is 45.2 Å². The molecule has 3 heterocycles. The summed E-state index contributed by atoms with van der Waals surface area (Å²) in [6.45, 7) is 6.05. The number of benzene rings is 1. The average Bonchev–Trinajstić information content (AvgIpc) is 3.18. The molecule has 0 N–H and O–H groups in total. The van der Waals surface area contributed by atoms with E-state index in [1.165, 1.54) is 11.8 Å². The SMILES string of the molecule is COc1ccc(CCN2C(=O)/C(=C/c3c(C)c(C#N)c(=O)n(C)c3N3CCC(C)CC3)SC2=S)cc1OC. The van der Waals surface area contributed by atoms with Crippen LogP contribution in [0.4, 0.5) is 5.82 Å². The number of hydrogen-bond acceptors (Lipinski definition) is 8. The molecule has 0 aliphatic carbocycles. The Hall–Kier alpha value is -3.29. The van der Waals surface area contributed by atoms with Gasteiger partial charge in [0.2, 0.25) is 0 Å². The van der Waals surface area contributed by atoms with Crippen molar-refractivity contribution in [3.8, 4) is 17.6 Å². The van der Waals surface area contributed by atoms with E-state index in [1.807, 2.05) is 18.2 Å². The highest BCUT2D eigenvalue weighted by molar-refractivity contribution is 8.26. The minimum atomic E-state index is -0.321. The third-order valence-corrected chi connectivity index (χ3v) is 8.65. The van der Waals surface area contributed by atoms with Gasteiger partial charge in [-0.1, -0.05) is 37.0 Å². The van der Waals surface area contributed by atoms with E-state index < -0.39 is 0 Å². The number of hydrogen-bond donors (Lipinski definition) is 0. The van der Waals surface area contributed by atoms with Crippen LogP contribution in [0.15, 0.2) is 27.9 Å². The summed E-state index contributed by atoms with van der Waals surface area (Å²) in [5.74, 6) is 2.47. The van der Waals surface area contributed by atoms with Gasteiger partial charge in [-0.3, -0.25) is 19.1 Å². The predicted octanol–water partition coefficient (Wildman–Crippen LogP) is 4.26. The van der Waals surface area contributed by atoms with Crippen molar-refractivity contribution < 1.29 is 14.3 Å². The fraction of sp³-hybridized carbons (Fsp3) is 0.429. The molecule has 0 spiro atoms. The van der Waals surface area contributed by atoms with Gasteiger partial charge in [-0.2, -0.15) is 5.26 Å². The summed E-state index contributed by atoms with van der Waals surface area (Å²) < 4.78 is 12.7. The molecule has 38 heavy (non-hydrogen) atoms. The Labute approximate surface area is 232 Å². The second-order valence-corrected chi connectivity index (χ2v) is 11.3. The lowest BCUT2D eigenvalue weighted by atomic mass is 9.97. The minimum Gasteiger partial charge on any atom is -0.493 e. The number of thioether (sulfide) groups is 1. The Bertz CT molecular complexity index is 1400. The van der Waals surface area contributed by atoms with Crippen LogP contribution >= 0.6 is 24.0 Å². The number of aromatic nitrogens is 1. The number of thiocarbonyl (C=S) groups is 1. The van der Waals surface area contributed by atoms with E-state index >= 15 is 0 Å². The lowest BCUT2D eigenvalue weighted by Gasteiger charge is -2.34. The van der Waals surface area contributed by atoms with Crippen LogP contribution in [-0.4, -0.2) is 53.5 Å². The highest BCUT2D eigenvalue weighted by Gasteiger charge is 2.33. The van der Waals surface area contributed by atoms with Gasteiger partial charge in [0, 0.05) is 32.2 Å². The number of anilines is 1. The summed E-state index contributed by atoms with van der Waals surface area (Å²) in [6, 6.07) is 7.75. The number of carbonyl (C=O) groups is 1. The second-order valence-electron chi connectivity index (χ2n) is 9.66. The molecule has 200 valence electrons. The van der Waals surface area contributed by atoms with Gasteiger partial charge in [0.25, 0.3) is 11.5 Å². The molecule has 0 radical (unpaired) electrons. The summed E-state index contributed by atoms with van der Waals surface area (Å²) in [4.78, 5) is 30.7. The van der Waals surface area contributed by atoms with Crippen LogP contribution in [0.5, 0.6) is 11.5 Å². The first-order valence-corrected chi connectivity index (χ1v) is 13.8. The first kappa shape index (κ1) is 27.7. The van der Waals surface area contributed by atoms with Crippen LogP contribution in [0.2, 0.25) is 0 Å². The molecule has 2 aliphatic rings. The maximum atomic E-state index is 13.5. The number of ether oxygens (including phenoxy) is 2. The molecule has 1 aromatic carbocycles. The van der Waals surface area contributed by atoms with Gasteiger partial charge < -0.3 is 14.4 Å². The van der Waals surface area contributed by atoms with Gasteiger partial charge in [-0.15, -0.1) is 0 Å². The van der Waals surface area contributed by atoms with Gasteiger partial charge in [-0.05, 0) is 61.4 Å². The molecule has 8 nitrogen and oxygen atoms in total. The zero-order valence-corrected chi connectivity index (χ0v) is 24.0. The van der Waals surface area contributed by atoms with Crippen molar-refractivity contribution in [1.29, 1.82) is 5.26 Å². The maximum absolute atomic E-state index is 13.5. The van der Waals surface area contributed by atoms with Crippen LogP contribution in [0.3, 0.4) is 0 Å². The highest BCUT2D eigenvalue weighted by atomic mass is 32.2. The highest BCUT2D eigenvalue weighted by Crippen LogP contribution is 2.37. The van der Waals surface area contributed by atoms with Gasteiger partial charge in [0.15, 0.2) is 11.5 Å². The molecule has 4 rings (SSSR count). The van der Waals surface area contributed by atoms with E-state index in [0.717, 1.165) is 42.9 Å². The molecular formula is C28H32N4O4S2. The summed E-state index contributed by atoms with van der Waals surface area (Å²) in [5, 5.41) is 9.71. The van der Waals surface area contributed by atoms with Gasteiger partial charge in [0.1, 0.15) is 21.8 Å². The van der Waals surface area contributed by atoms with Crippen LogP contribution in [-0.2, 0) is 18.3 Å². The fourth-order valence-corrected chi connectivity index (χ4v) is 6.21. The van der Waals surface area contributed by atoms with Crippen LogP contribution in [0, 0.1) is 24.2 Å². The average molecular weight is 553 g/mol. The number of piperidine rings is 1. The normalized spacial score (nSPS) is 17.3. The zero-order valence-electron chi connectivity index (χ0n) is 22.4. The number of pyridine rings is 1. The summed E-state index contributed by atoms with van der Waals surface area (Å²) >= 11 is 6.83. The molecule has 0 bridgehead atoms. The number of nitrogens with zero attached hydrogens (tertiary/aromatic N) is 4. The standard InChI is InChI=1S/C28H32N4O4S2/c1-17-8-11-31(12-9-17)25-20(18(2)21(16-29)26(33)30(25)3)15-24-27(34)32(28(37)38-24)13-10-19-6-7-22(35-4)23(14-19)36-5/h6-7,14-15,17H,8-13H2,1-5H3/b24-15-. The first-order valence-electron chi connectivity index (χ1n) is 12.5. The van der Waals surface area contributed by atoms with Crippen molar-refractivity contribution in [1.82, 2.24) is 9.47 Å².